The molecule has 0 spiro atoms. The van der Waals surface area contributed by atoms with Crippen molar-refractivity contribution >= 4 is 43.7 Å². The van der Waals surface area contributed by atoms with Gasteiger partial charge in [-0.3, -0.25) is 4.79 Å². The molecule has 0 amide bonds. The van der Waals surface area contributed by atoms with Crippen LogP contribution in [-0.2, 0) is 4.79 Å². The van der Waals surface area contributed by atoms with Gasteiger partial charge in [0.05, 0.1) is 0 Å². The molecule has 6 heavy (non-hydrogen) atoms. The maximum absolute atomic E-state index is 9.68. The van der Waals surface area contributed by atoms with Gasteiger partial charge in [-0.05, 0) is 6.08 Å². The molecule has 0 aromatic carbocycles. The average Bonchev–Trinajstić information content (AvgIpc) is 1.38. The van der Waals surface area contributed by atoms with Crippen LogP contribution in [0, 0.1) is 0 Å². The Balaban J connectivity index is 0. The van der Waals surface area contributed by atoms with Crippen molar-refractivity contribution in [3.63, 3.8) is 0 Å². The molecule has 0 bridgehead atoms. The second kappa shape index (κ2) is 5.67. The van der Waals surface area contributed by atoms with Crippen molar-refractivity contribution in [2.75, 3.05) is 0 Å². The molecule has 0 aliphatic carbocycles. The van der Waals surface area contributed by atoms with Crippen molar-refractivity contribution < 1.29 is 4.79 Å². The van der Waals surface area contributed by atoms with Crippen molar-refractivity contribution in [2.24, 2.45) is 0 Å². The summed E-state index contributed by atoms with van der Waals surface area (Å²) in [6, 6.07) is 0. The van der Waals surface area contributed by atoms with Crippen LogP contribution in [-0.4, -0.2) is 21.2 Å². The Morgan fingerprint density at radius 2 is 2.00 bits per heavy atom. The molecule has 0 heterocycles. The third-order valence-corrected chi connectivity index (χ3v) is 0.601. The van der Waals surface area contributed by atoms with Gasteiger partial charge in [0.15, 0.2) is 0 Å². The second-order valence-electron chi connectivity index (χ2n) is 0.508. The summed E-state index contributed by atoms with van der Waals surface area (Å²) in [5.41, 5.74) is 0. The second-order valence-corrected chi connectivity index (χ2v) is 1.57. The predicted molar refractivity (Wildman–Crippen MR) is 35.0 cm³/mol. The SMILES string of the molecule is C=CC(=O)I.[Al+3]. The van der Waals surface area contributed by atoms with Gasteiger partial charge in [0.25, 0.3) is 0 Å². The van der Waals surface area contributed by atoms with E-state index in [1.807, 2.05) is 0 Å². The Labute approximate surface area is 61.1 Å². The van der Waals surface area contributed by atoms with Crippen LogP contribution in [0.4, 0.5) is 0 Å². The van der Waals surface area contributed by atoms with Crippen LogP contribution in [0.5, 0.6) is 0 Å². The summed E-state index contributed by atoms with van der Waals surface area (Å²) in [6.45, 7) is 3.20. The van der Waals surface area contributed by atoms with Crippen molar-refractivity contribution in [1.29, 1.82) is 0 Å². The predicted octanol–water partition coefficient (Wildman–Crippen LogP) is 0.753. The molecule has 28 valence electrons. The first kappa shape index (κ1) is 9.83. The van der Waals surface area contributed by atoms with E-state index in [9.17, 15) is 4.79 Å². The zero-order valence-corrected chi connectivity index (χ0v) is 6.46. The topological polar surface area (TPSA) is 17.1 Å². The summed E-state index contributed by atoms with van der Waals surface area (Å²) in [5, 5.41) is 0. The smallest absolute Gasteiger partial charge is 0.283 e. The van der Waals surface area contributed by atoms with Gasteiger partial charge in [0, 0.05) is 22.6 Å². The van der Waals surface area contributed by atoms with Gasteiger partial charge in [0.2, 0.25) is 3.79 Å². The molecule has 0 aliphatic rings. The maximum Gasteiger partial charge on any atom is 3.00 e. The van der Waals surface area contributed by atoms with Crippen molar-refractivity contribution in [3.8, 4) is 0 Å². The minimum absolute atomic E-state index is 0. The number of rotatable bonds is 1. The van der Waals surface area contributed by atoms with Crippen LogP contribution in [0.25, 0.3) is 0 Å². The quantitative estimate of drug-likeness (QED) is 0.269. The molecule has 0 fully saturated rings. The Kier molecular flexibility index (Phi) is 9.30. The third-order valence-electron chi connectivity index (χ3n) is 0.160. The Hall–Kier alpha value is 0.672. The van der Waals surface area contributed by atoms with Gasteiger partial charge in [-0.2, -0.15) is 0 Å². The van der Waals surface area contributed by atoms with Crippen LogP contribution in [0.2, 0.25) is 0 Å². The fraction of sp³-hybridized carbons (Fsp3) is 0. The summed E-state index contributed by atoms with van der Waals surface area (Å²) < 4.78 is -0.0115. The molecule has 0 radical (unpaired) electrons. The number of hydrogen-bond acceptors (Lipinski definition) is 1. The fourth-order valence-corrected chi connectivity index (χ4v) is 0. The molecule has 0 atom stereocenters. The van der Waals surface area contributed by atoms with E-state index in [2.05, 4.69) is 6.58 Å². The van der Waals surface area contributed by atoms with E-state index in [1.165, 1.54) is 6.08 Å². The molecule has 0 saturated heterocycles. The molecule has 0 rings (SSSR count). The zero-order valence-electron chi connectivity index (χ0n) is 3.15. The summed E-state index contributed by atoms with van der Waals surface area (Å²) >= 11 is 1.65. The van der Waals surface area contributed by atoms with E-state index in [-0.39, 0.29) is 21.2 Å². The Morgan fingerprint density at radius 3 is 2.00 bits per heavy atom. The molecule has 0 N–H and O–H groups in total. The molecule has 0 aromatic rings. The van der Waals surface area contributed by atoms with Gasteiger partial charge < -0.3 is 0 Å². The number of carbonyl (C=O) groups excluding carboxylic acids is 1. The molecule has 0 aliphatic heterocycles. The largest absolute Gasteiger partial charge is 3.00 e. The van der Waals surface area contributed by atoms with Crippen LogP contribution in [0.1, 0.15) is 0 Å². The van der Waals surface area contributed by atoms with Gasteiger partial charge in [0.1, 0.15) is 0 Å². The average molecular weight is 209 g/mol. The van der Waals surface area contributed by atoms with Crippen molar-refractivity contribution in [1.82, 2.24) is 0 Å². The first-order chi connectivity index (χ1) is 2.27. The first-order valence-corrected chi connectivity index (χ1v) is 2.17. The van der Waals surface area contributed by atoms with Gasteiger partial charge in [-0.15, -0.1) is 0 Å². The molecule has 1 nitrogen and oxygen atoms in total. The molecular formula is C3H3AlIO+3. The third kappa shape index (κ3) is 8.82. The minimum atomic E-state index is -0.0115. The Bertz CT molecular complexity index is 61.8. The van der Waals surface area contributed by atoms with Gasteiger partial charge in [-0.25, -0.2) is 0 Å². The van der Waals surface area contributed by atoms with Crippen LogP contribution >= 0.6 is 22.6 Å². The zero-order chi connectivity index (χ0) is 4.28. The van der Waals surface area contributed by atoms with Crippen LogP contribution in [0.15, 0.2) is 12.7 Å². The Morgan fingerprint density at radius 1 is 1.83 bits per heavy atom. The van der Waals surface area contributed by atoms with Crippen LogP contribution < -0.4 is 0 Å². The monoisotopic (exact) mass is 209 g/mol. The van der Waals surface area contributed by atoms with Gasteiger partial charge in [-0.1, -0.05) is 6.58 Å². The molecule has 0 aromatic heterocycles. The van der Waals surface area contributed by atoms with E-state index >= 15 is 0 Å². The van der Waals surface area contributed by atoms with E-state index in [0.717, 1.165) is 0 Å². The first-order valence-electron chi connectivity index (χ1n) is 1.09. The fourth-order valence-electron chi connectivity index (χ4n) is 0. The number of halogens is 1. The maximum atomic E-state index is 9.68. The standard InChI is InChI=1S/C3H3IO.Al/c1-2-3(4)5;/h2H,1H2;/q;+3. The van der Waals surface area contributed by atoms with Crippen molar-refractivity contribution in [2.45, 2.75) is 0 Å². The number of hydrogen-bond donors (Lipinski definition) is 0. The van der Waals surface area contributed by atoms with E-state index in [1.54, 1.807) is 22.6 Å². The normalized spacial score (nSPS) is 5.50. The number of carbonyl (C=O) groups is 1. The molecule has 0 saturated carbocycles. The molecule has 0 unspecified atom stereocenters. The van der Waals surface area contributed by atoms with E-state index < -0.39 is 0 Å². The summed E-state index contributed by atoms with van der Waals surface area (Å²) in [6.07, 6.45) is 1.26. The number of allylic oxidation sites excluding steroid dienone is 1. The van der Waals surface area contributed by atoms with Crippen molar-refractivity contribution in [3.05, 3.63) is 12.7 Å². The molecule has 3 heteroatoms. The summed E-state index contributed by atoms with van der Waals surface area (Å²) in [7, 11) is 0. The molecular weight excluding hydrogens is 206 g/mol. The van der Waals surface area contributed by atoms with E-state index in [0.29, 0.717) is 0 Å². The summed E-state index contributed by atoms with van der Waals surface area (Å²) in [5.74, 6) is 0. The summed E-state index contributed by atoms with van der Waals surface area (Å²) in [4.78, 5) is 9.68. The minimum Gasteiger partial charge on any atom is -0.283 e. The van der Waals surface area contributed by atoms with Gasteiger partial charge >= 0.3 is 17.4 Å². The van der Waals surface area contributed by atoms with Crippen LogP contribution in [0.3, 0.4) is 0 Å². The van der Waals surface area contributed by atoms with E-state index in [4.69, 9.17) is 0 Å².